The Morgan fingerprint density at radius 3 is 1.69 bits per heavy atom. The summed E-state index contributed by atoms with van der Waals surface area (Å²) in [6, 6.07) is 78.7. The zero-order chi connectivity index (χ0) is 38.9. The molecule has 0 radical (unpaired) electrons. The quantitative estimate of drug-likeness (QED) is 0.158. The largest absolute Gasteiger partial charge is 0.456 e. The van der Waals surface area contributed by atoms with Crippen molar-refractivity contribution < 1.29 is 4.42 Å². The van der Waals surface area contributed by atoms with Crippen LogP contribution in [0, 0.1) is 0 Å². The standard InChI is InChI=1S/C54H36BN3O/c1-4-16-38(17-5-1)56(39-18-6-2-7-19-39)42-34-35-46-50(36-42)58(41-32-30-37(31-33-41)43-23-14-29-52-53(43)44-22-10-13-28-51(44)59-52)49-27-15-26-48-54(49)55(46)45-24-11-12-25-47(45)57(48)40-20-8-3-9-21-40/h1-36H. The van der Waals surface area contributed by atoms with Crippen molar-refractivity contribution in [2.45, 2.75) is 0 Å². The highest BCUT2D eigenvalue weighted by Crippen LogP contribution is 2.46. The molecule has 0 bridgehead atoms. The molecule has 0 saturated heterocycles. The number of para-hydroxylation sites is 5. The highest BCUT2D eigenvalue weighted by atomic mass is 16.3. The Bertz CT molecular complexity index is 3140. The molecule has 59 heavy (non-hydrogen) atoms. The highest BCUT2D eigenvalue weighted by Gasteiger charge is 2.43. The minimum atomic E-state index is 0.0332. The number of rotatable bonds is 6. The first-order valence-electron chi connectivity index (χ1n) is 20.2. The maximum atomic E-state index is 6.29. The first-order valence-corrected chi connectivity index (χ1v) is 20.2. The molecule has 0 unspecified atom stereocenters. The summed E-state index contributed by atoms with van der Waals surface area (Å²) in [5, 5.41) is 2.27. The molecule has 4 nitrogen and oxygen atoms in total. The van der Waals surface area contributed by atoms with E-state index in [1.807, 2.05) is 12.1 Å². The third kappa shape index (κ3) is 5.25. The lowest BCUT2D eigenvalue weighted by molar-refractivity contribution is 0.669. The van der Waals surface area contributed by atoms with E-state index in [0.29, 0.717) is 0 Å². The van der Waals surface area contributed by atoms with Crippen LogP contribution in [-0.2, 0) is 0 Å². The predicted octanol–water partition coefficient (Wildman–Crippen LogP) is 12.8. The topological polar surface area (TPSA) is 22.9 Å². The second kappa shape index (κ2) is 13.4. The van der Waals surface area contributed by atoms with Crippen LogP contribution in [-0.4, -0.2) is 6.71 Å². The van der Waals surface area contributed by atoms with Crippen molar-refractivity contribution in [3.8, 4) is 11.1 Å². The highest BCUT2D eigenvalue weighted by molar-refractivity contribution is 7.00. The van der Waals surface area contributed by atoms with E-state index in [2.05, 4.69) is 221 Å². The summed E-state index contributed by atoms with van der Waals surface area (Å²) in [7, 11) is 0. The first-order chi connectivity index (χ1) is 29.3. The number of furan rings is 1. The van der Waals surface area contributed by atoms with Gasteiger partial charge in [-0.25, -0.2) is 0 Å². The maximum absolute atomic E-state index is 6.29. The van der Waals surface area contributed by atoms with E-state index in [4.69, 9.17) is 4.42 Å². The van der Waals surface area contributed by atoms with Gasteiger partial charge in [0.15, 0.2) is 0 Å². The van der Waals surface area contributed by atoms with Crippen LogP contribution in [0.15, 0.2) is 223 Å². The molecule has 2 aliphatic heterocycles. The van der Waals surface area contributed by atoms with E-state index >= 15 is 0 Å². The van der Waals surface area contributed by atoms with Gasteiger partial charge in [0, 0.05) is 62.0 Å². The van der Waals surface area contributed by atoms with Gasteiger partial charge in [0.2, 0.25) is 0 Å². The van der Waals surface area contributed by atoms with Gasteiger partial charge in [-0.1, -0.05) is 127 Å². The van der Waals surface area contributed by atoms with Crippen molar-refractivity contribution in [2.24, 2.45) is 0 Å². The Morgan fingerprint density at radius 2 is 0.949 bits per heavy atom. The Balaban J connectivity index is 1.09. The normalized spacial score (nSPS) is 12.6. The molecule has 9 aromatic carbocycles. The van der Waals surface area contributed by atoms with Gasteiger partial charge in [0.1, 0.15) is 11.2 Å². The lowest BCUT2D eigenvalue weighted by Gasteiger charge is -2.44. The Hall–Kier alpha value is -7.76. The smallest absolute Gasteiger partial charge is 0.252 e. The third-order valence-electron chi connectivity index (χ3n) is 12.0. The van der Waals surface area contributed by atoms with Gasteiger partial charge in [-0.2, -0.15) is 0 Å². The maximum Gasteiger partial charge on any atom is 0.252 e. The Morgan fingerprint density at radius 1 is 0.390 bits per heavy atom. The molecule has 0 atom stereocenters. The number of benzene rings is 9. The monoisotopic (exact) mass is 753 g/mol. The van der Waals surface area contributed by atoms with Crippen LogP contribution in [0.5, 0.6) is 0 Å². The van der Waals surface area contributed by atoms with Gasteiger partial charge >= 0.3 is 0 Å². The minimum Gasteiger partial charge on any atom is -0.456 e. The van der Waals surface area contributed by atoms with E-state index in [1.54, 1.807) is 0 Å². The molecule has 0 spiro atoms. The first kappa shape index (κ1) is 33.4. The fourth-order valence-corrected chi connectivity index (χ4v) is 9.55. The fraction of sp³-hybridized carbons (Fsp3) is 0. The van der Waals surface area contributed by atoms with Crippen LogP contribution in [0.4, 0.5) is 51.2 Å². The molecule has 5 heteroatoms. The number of fused-ring (bicyclic) bond motifs is 7. The molecule has 0 N–H and O–H groups in total. The second-order valence-corrected chi connectivity index (χ2v) is 15.3. The molecular formula is C54H36BN3O. The summed E-state index contributed by atoms with van der Waals surface area (Å²) in [6.07, 6.45) is 0. The zero-order valence-corrected chi connectivity index (χ0v) is 32.1. The van der Waals surface area contributed by atoms with Gasteiger partial charge < -0.3 is 19.1 Å². The molecule has 276 valence electrons. The lowest BCUT2D eigenvalue weighted by atomic mass is 9.33. The third-order valence-corrected chi connectivity index (χ3v) is 12.0. The van der Waals surface area contributed by atoms with E-state index in [0.717, 1.165) is 67.2 Å². The van der Waals surface area contributed by atoms with Crippen LogP contribution in [0.3, 0.4) is 0 Å². The van der Waals surface area contributed by atoms with Crippen molar-refractivity contribution >= 4 is 96.2 Å². The van der Waals surface area contributed by atoms with Crippen molar-refractivity contribution in [3.63, 3.8) is 0 Å². The fourth-order valence-electron chi connectivity index (χ4n) is 9.55. The van der Waals surface area contributed by atoms with Gasteiger partial charge in [0.25, 0.3) is 6.71 Å². The summed E-state index contributed by atoms with van der Waals surface area (Å²) < 4.78 is 6.29. The van der Waals surface area contributed by atoms with Crippen molar-refractivity contribution in [1.29, 1.82) is 0 Å². The van der Waals surface area contributed by atoms with Gasteiger partial charge in [-0.05, 0) is 119 Å². The van der Waals surface area contributed by atoms with E-state index in [1.165, 1.54) is 33.5 Å². The number of hydrogen-bond donors (Lipinski definition) is 0. The number of anilines is 9. The van der Waals surface area contributed by atoms with Gasteiger partial charge in [-0.3, -0.25) is 0 Å². The number of nitrogens with zero attached hydrogens (tertiary/aromatic N) is 3. The molecule has 10 aromatic rings. The minimum absolute atomic E-state index is 0.0332. The predicted molar refractivity (Wildman–Crippen MR) is 248 cm³/mol. The van der Waals surface area contributed by atoms with Crippen LogP contribution in [0.1, 0.15) is 0 Å². The molecule has 12 rings (SSSR count). The Kier molecular flexibility index (Phi) is 7.60. The molecule has 0 saturated carbocycles. The molecule has 0 fully saturated rings. The van der Waals surface area contributed by atoms with E-state index in [-0.39, 0.29) is 6.71 Å². The Labute approximate surface area is 343 Å². The van der Waals surface area contributed by atoms with Gasteiger partial charge in [0.05, 0.1) is 0 Å². The van der Waals surface area contributed by atoms with Crippen LogP contribution < -0.4 is 31.1 Å². The molecular weight excluding hydrogens is 717 g/mol. The van der Waals surface area contributed by atoms with E-state index < -0.39 is 0 Å². The molecule has 2 aliphatic rings. The lowest BCUT2D eigenvalue weighted by Crippen LogP contribution is -2.61. The number of hydrogen-bond acceptors (Lipinski definition) is 4. The molecule has 3 heterocycles. The summed E-state index contributed by atoms with van der Waals surface area (Å²) >= 11 is 0. The van der Waals surface area contributed by atoms with Crippen molar-refractivity contribution in [2.75, 3.05) is 14.7 Å². The van der Waals surface area contributed by atoms with Crippen LogP contribution in [0.25, 0.3) is 33.1 Å². The summed E-state index contributed by atoms with van der Waals surface area (Å²) in [5.41, 5.74) is 18.3. The molecule has 0 amide bonds. The van der Waals surface area contributed by atoms with Crippen LogP contribution in [0.2, 0.25) is 0 Å². The molecule has 1 aromatic heterocycles. The second-order valence-electron chi connectivity index (χ2n) is 15.3. The zero-order valence-electron chi connectivity index (χ0n) is 32.1. The van der Waals surface area contributed by atoms with Crippen LogP contribution >= 0.6 is 0 Å². The average molecular weight is 754 g/mol. The SMILES string of the molecule is c1ccc(N(c2ccccc2)c2ccc3c(c2)N(c2ccc(-c4cccc5oc6ccccc6c45)cc2)c2cccc4c2B3c2ccccc2N4c2ccccc2)cc1. The summed E-state index contributed by atoms with van der Waals surface area (Å²) in [5.74, 6) is 0. The summed E-state index contributed by atoms with van der Waals surface area (Å²) in [6.45, 7) is 0.0332. The average Bonchev–Trinajstić information content (AvgIpc) is 3.69. The van der Waals surface area contributed by atoms with Crippen molar-refractivity contribution in [3.05, 3.63) is 218 Å². The molecule has 0 aliphatic carbocycles. The van der Waals surface area contributed by atoms with E-state index in [9.17, 15) is 0 Å². The van der Waals surface area contributed by atoms with Crippen molar-refractivity contribution in [1.82, 2.24) is 0 Å². The van der Waals surface area contributed by atoms with Gasteiger partial charge in [-0.15, -0.1) is 0 Å². The summed E-state index contributed by atoms with van der Waals surface area (Å²) in [4.78, 5) is 7.28.